The highest BCUT2D eigenvalue weighted by Gasteiger charge is 2.18. The summed E-state index contributed by atoms with van der Waals surface area (Å²) in [4.78, 5) is 12.5. The number of nitrogens with zero attached hydrogens (tertiary/aromatic N) is 4. The van der Waals surface area contributed by atoms with E-state index < -0.39 is 0 Å². The Morgan fingerprint density at radius 1 is 0.348 bits per heavy atom. The molecule has 0 N–H and O–H groups in total. The predicted octanol–water partition coefficient (Wildman–Crippen LogP) is 16.6. The smallest absolute Gasteiger partial charge is 0.160 e. The molecule has 0 radical (unpaired) electrons. The molecule has 0 unspecified atom stereocenters. The maximum absolute atomic E-state index is 5.10. The van der Waals surface area contributed by atoms with Crippen LogP contribution in [-0.4, -0.2) is 14.5 Å². The van der Waals surface area contributed by atoms with Crippen molar-refractivity contribution in [2.75, 3.05) is 4.90 Å². The lowest BCUT2D eigenvalue weighted by Crippen LogP contribution is -2.09. The first-order chi connectivity index (χ1) is 32.3. The molecule has 9 aromatic carbocycles. The minimum absolute atomic E-state index is 0.723. The molecular weight excluding hydrogens is 801 g/mol. The van der Waals surface area contributed by atoms with Crippen molar-refractivity contribution in [1.29, 1.82) is 0 Å². The highest BCUT2D eigenvalue weighted by atomic mass is 15.1. The van der Waals surface area contributed by atoms with Gasteiger partial charge in [0.25, 0.3) is 0 Å². The van der Waals surface area contributed by atoms with Crippen LogP contribution in [-0.2, 0) is 0 Å². The summed E-state index contributed by atoms with van der Waals surface area (Å²) < 4.78 is 2.39. The first kappa shape index (κ1) is 40.4. The van der Waals surface area contributed by atoms with Gasteiger partial charge in [0.05, 0.1) is 22.4 Å². The summed E-state index contributed by atoms with van der Waals surface area (Å²) in [5.74, 6) is 0.723. The normalized spacial score (nSPS) is 11.3. The van der Waals surface area contributed by atoms with E-state index in [1.165, 1.54) is 66.3 Å². The van der Waals surface area contributed by atoms with Gasteiger partial charge in [0, 0.05) is 50.2 Å². The van der Waals surface area contributed by atoms with Crippen molar-refractivity contribution in [2.24, 2.45) is 0 Å². The second-order valence-corrected chi connectivity index (χ2v) is 17.4. The number of hydrogen-bond acceptors (Lipinski definition) is 3. The lowest BCUT2D eigenvalue weighted by atomic mass is 9.91. The fourth-order valence-corrected chi connectivity index (χ4v) is 9.47. The largest absolute Gasteiger partial charge is 0.310 e. The van der Waals surface area contributed by atoms with Crippen LogP contribution in [0.4, 0.5) is 17.1 Å². The van der Waals surface area contributed by atoms with Crippen molar-refractivity contribution >= 4 is 38.9 Å². The van der Waals surface area contributed by atoms with E-state index in [2.05, 4.69) is 256 Å². The average Bonchev–Trinajstić information content (AvgIpc) is 3.69. The molecule has 0 bridgehead atoms. The van der Waals surface area contributed by atoms with Gasteiger partial charge in [0.15, 0.2) is 5.82 Å². The Balaban J connectivity index is 0.899. The number of benzene rings is 9. The molecule has 0 aliphatic rings. The van der Waals surface area contributed by atoms with E-state index >= 15 is 0 Å². The van der Waals surface area contributed by atoms with E-state index in [9.17, 15) is 0 Å². The molecule has 0 fully saturated rings. The van der Waals surface area contributed by atoms with Gasteiger partial charge in [-0.1, -0.05) is 163 Å². The SMILES string of the molecule is Cc1ccc(-c2cc(-c3ccc(-c4c(C)cc(-c5ccc(-n6c7ccccc7c7cc(N(c8ccccc8)c8ccccc8)ccc76)cc5)cc4C)cc3)nc(-c3ccc(C)cc3)n2)cc1. The third-order valence-electron chi connectivity index (χ3n) is 12.8. The highest BCUT2D eigenvalue weighted by molar-refractivity contribution is 6.10. The van der Waals surface area contributed by atoms with Crippen LogP contribution in [0.2, 0.25) is 0 Å². The second-order valence-electron chi connectivity index (χ2n) is 17.4. The summed E-state index contributed by atoms with van der Waals surface area (Å²) in [6.07, 6.45) is 0. The lowest BCUT2D eigenvalue weighted by molar-refractivity contribution is 1.18. The molecule has 0 amide bonds. The van der Waals surface area contributed by atoms with E-state index in [4.69, 9.17) is 9.97 Å². The molecule has 0 spiro atoms. The number of aryl methyl sites for hydroxylation is 4. The average molecular weight is 849 g/mol. The number of anilines is 3. The molecule has 11 aromatic rings. The zero-order valence-electron chi connectivity index (χ0n) is 37.6. The van der Waals surface area contributed by atoms with Crippen molar-refractivity contribution < 1.29 is 0 Å². The van der Waals surface area contributed by atoms with Crippen molar-refractivity contribution in [3.63, 3.8) is 0 Å². The van der Waals surface area contributed by atoms with Gasteiger partial charge in [0.1, 0.15) is 0 Å². The third-order valence-corrected chi connectivity index (χ3v) is 12.8. The zero-order valence-corrected chi connectivity index (χ0v) is 37.6. The Bertz CT molecular complexity index is 3390. The molecule has 316 valence electrons. The van der Waals surface area contributed by atoms with Gasteiger partial charge in [-0.25, -0.2) is 9.97 Å². The van der Waals surface area contributed by atoms with E-state index in [-0.39, 0.29) is 0 Å². The van der Waals surface area contributed by atoms with Crippen molar-refractivity contribution in [2.45, 2.75) is 27.7 Å². The van der Waals surface area contributed by atoms with Gasteiger partial charge in [-0.05, 0) is 128 Å². The van der Waals surface area contributed by atoms with Crippen LogP contribution in [0.1, 0.15) is 22.3 Å². The van der Waals surface area contributed by atoms with Crippen LogP contribution in [0, 0.1) is 27.7 Å². The molecule has 0 aliphatic heterocycles. The van der Waals surface area contributed by atoms with E-state index in [1.807, 2.05) is 0 Å². The molecule has 11 rings (SSSR count). The standard InChI is InChI=1S/C62H48N4/c1-41-19-23-46(24-20-41)57-40-58(64-62(63-57)49-25-21-42(2)22-26-49)47-27-29-48(30-28-47)61-43(3)37-50(38-44(61)4)45-31-33-53(34-32-45)66-59-18-12-11-17-55(59)56-39-54(35-36-60(56)66)65(51-13-7-5-8-14-51)52-15-9-6-10-16-52/h5-40H,1-4H3. The minimum Gasteiger partial charge on any atom is -0.310 e. The highest BCUT2D eigenvalue weighted by Crippen LogP contribution is 2.40. The Morgan fingerprint density at radius 3 is 1.42 bits per heavy atom. The number of aromatic nitrogens is 3. The second kappa shape index (κ2) is 17.0. The summed E-state index contributed by atoms with van der Waals surface area (Å²) in [5.41, 5.74) is 21.6. The Kier molecular flexibility index (Phi) is 10.4. The van der Waals surface area contributed by atoms with Gasteiger partial charge in [-0.15, -0.1) is 0 Å². The quantitative estimate of drug-likeness (QED) is 0.145. The molecule has 0 saturated carbocycles. The third kappa shape index (κ3) is 7.63. The Hall–Kier alpha value is -8.34. The van der Waals surface area contributed by atoms with Gasteiger partial charge < -0.3 is 9.47 Å². The molecule has 2 heterocycles. The van der Waals surface area contributed by atoms with E-state index in [0.29, 0.717) is 0 Å². The van der Waals surface area contributed by atoms with Crippen LogP contribution in [0.5, 0.6) is 0 Å². The topological polar surface area (TPSA) is 34.0 Å². The molecule has 4 nitrogen and oxygen atoms in total. The molecule has 0 saturated heterocycles. The van der Waals surface area contributed by atoms with E-state index in [0.717, 1.165) is 56.7 Å². The van der Waals surface area contributed by atoms with Gasteiger partial charge in [-0.2, -0.15) is 0 Å². The lowest BCUT2D eigenvalue weighted by Gasteiger charge is -2.25. The fraction of sp³-hybridized carbons (Fsp3) is 0.0645. The van der Waals surface area contributed by atoms with Gasteiger partial charge in [-0.3, -0.25) is 0 Å². The minimum atomic E-state index is 0.723. The summed E-state index contributed by atoms with van der Waals surface area (Å²) in [6.45, 7) is 8.66. The van der Waals surface area contributed by atoms with Crippen molar-refractivity contribution in [3.05, 3.63) is 241 Å². The number of rotatable bonds is 9. The maximum Gasteiger partial charge on any atom is 0.160 e. The van der Waals surface area contributed by atoms with Gasteiger partial charge >= 0.3 is 0 Å². The zero-order chi connectivity index (χ0) is 44.7. The maximum atomic E-state index is 5.10. The van der Waals surface area contributed by atoms with E-state index in [1.54, 1.807) is 0 Å². The Labute approximate surface area is 386 Å². The molecular formula is C62H48N4. The summed E-state index contributed by atoms with van der Waals surface area (Å²) in [7, 11) is 0. The van der Waals surface area contributed by atoms with Crippen molar-refractivity contribution in [3.8, 4) is 61.8 Å². The Morgan fingerprint density at radius 2 is 0.833 bits per heavy atom. The molecule has 66 heavy (non-hydrogen) atoms. The summed E-state index contributed by atoms with van der Waals surface area (Å²) in [6, 6.07) is 78.4. The van der Waals surface area contributed by atoms with Crippen LogP contribution in [0.25, 0.3) is 83.6 Å². The first-order valence-electron chi connectivity index (χ1n) is 22.6. The van der Waals surface area contributed by atoms with Crippen LogP contribution in [0.3, 0.4) is 0 Å². The number of para-hydroxylation sites is 3. The van der Waals surface area contributed by atoms with Crippen LogP contribution in [0.15, 0.2) is 218 Å². The van der Waals surface area contributed by atoms with Crippen LogP contribution < -0.4 is 4.90 Å². The summed E-state index contributed by atoms with van der Waals surface area (Å²) >= 11 is 0. The monoisotopic (exact) mass is 848 g/mol. The predicted molar refractivity (Wildman–Crippen MR) is 277 cm³/mol. The molecule has 0 aliphatic carbocycles. The summed E-state index contributed by atoms with van der Waals surface area (Å²) in [5, 5.41) is 2.44. The van der Waals surface area contributed by atoms with Gasteiger partial charge in [0.2, 0.25) is 0 Å². The first-order valence-corrected chi connectivity index (χ1v) is 22.6. The van der Waals surface area contributed by atoms with Crippen LogP contribution >= 0.6 is 0 Å². The fourth-order valence-electron chi connectivity index (χ4n) is 9.47. The number of hydrogen-bond donors (Lipinski definition) is 0. The number of fused-ring (bicyclic) bond motifs is 3. The molecule has 0 atom stereocenters. The molecule has 4 heteroatoms. The molecule has 2 aromatic heterocycles. The van der Waals surface area contributed by atoms with Crippen molar-refractivity contribution in [1.82, 2.24) is 14.5 Å².